The molecule has 4 aromatic rings. The summed E-state index contributed by atoms with van der Waals surface area (Å²) in [5, 5.41) is 5.49. The summed E-state index contributed by atoms with van der Waals surface area (Å²) in [6.07, 6.45) is 3.82. The minimum atomic E-state index is -1.76. The van der Waals surface area contributed by atoms with E-state index in [9.17, 15) is 19.2 Å². The molecule has 4 N–H and O–H groups in total. The summed E-state index contributed by atoms with van der Waals surface area (Å²) in [5.74, 6) is 1.05. The maximum atomic E-state index is 13.9. The summed E-state index contributed by atoms with van der Waals surface area (Å²) in [4.78, 5) is 72.6. The van der Waals surface area contributed by atoms with Crippen molar-refractivity contribution in [2.24, 2.45) is 11.8 Å². The van der Waals surface area contributed by atoms with Gasteiger partial charge in [0.2, 0.25) is 11.8 Å². The highest BCUT2D eigenvalue weighted by molar-refractivity contribution is 6.79. The lowest BCUT2D eigenvalue weighted by atomic mass is 9.78. The second-order valence-corrected chi connectivity index (χ2v) is 28.4. The molecule has 16 heteroatoms. The first-order valence-corrected chi connectivity index (χ1v) is 26.9. The fourth-order valence-corrected chi connectivity index (χ4v) is 14.6. The van der Waals surface area contributed by atoms with Crippen LogP contribution in [0.4, 0.5) is 9.59 Å². The minimum Gasteiger partial charge on any atom is -0.453 e. The maximum Gasteiger partial charge on any atom is 0.407 e. The van der Waals surface area contributed by atoms with Gasteiger partial charge in [-0.3, -0.25) is 9.59 Å². The van der Waals surface area contributed by atoms with Gasteiger partial charge in [0, 0.05) is 23.5 Å². The van der Waals surface area contributed by atoms with E-state index in [1.165, 1.54) is 14.2 Å². The molecule has 2 aromatic heterocycles. The minimum absolute atomic E-state index is 0.112. The average Bonchev–Trinajstić information content (AvgIpc) is 3.98. The number of amides is 4. The zero-order chi connectivity index (χ0) is 41.8. The maximum absolute atomic E-state index is 13.9. The smallest absolute Gasteiger partial charge is 0.407 e. The lowest BCUT2D eigenvalue weighted by molar-refractivity contribution is -0.135. The molecular formula is C42H56N8O6Si2. The molecule has 2 saturated heterocycles. The number of H-pyrrole nitrogens is 2. The van der Waals surface area contributed by atoms with Crippen molar-refractivity contribution in [3.05, 3.63) is 60.4 Å². The van der Waals surface area contributed by atoms with E-state index in [0.29, 0.717) is 12.3 Å². The van der Waals surface area contributed by atoms with Gasteiger partial charge in [-0.1, -0.05) is 78.1 Å². The Balaban J connectivity index is 1.08. The first kappa shape index (κ1) is 41.0. The van der Waals surface area contributed by atoms with Crippen molar-refractivity contribution in [2.75, 3.05) is 26.6 Å². The highest BCUT2D eigenvalue weighted by atomic mass is 28.3. The van der Waals surface area contributed by atoms with Gasteiger partial charge in [0.1, 0.15) is 23.7 Å². The van der Waals surface area contributed by atoms with Crippen molar-refractivity contribution in [3.8, 4) is 44.8 Å². The van der Waals surface area contributed by atoms with Crippen molar-refractivity contribution in [3.63, 3.8) is 0 Å². The highest BCUT2D eigenvalue weighted by Gasteiger charge is 2.47. The number of nitrogens with one attached hydrogen (secondary N) is 4. The first-order valence-electron chi connectivity index (χ1n) is 20.1. The van der Waals surface area contributed by atoms with Gasteiger partial charge < -0.3 is 39.9 Å². The summed E-state index contributed by atoms with van der Waals surface area (Å²) in [6, 6.07) is 12.8. The van der Waals surface area contributed by atoms with Crippen molar-refractivity contribution in [2.45, 2.75) is 90.1 Å². The summed E-state index contributed by atoms with van der Waals surface area (Å²) >= 11 is 0. The number of hydrogen-bond acceptors (Lipinski definition) is 8. The van der Waals surface area contributed by atoms with Crippen LogP contribution in [0, 0.1) is 11.8 Å². The molecule has 4 atom stereocenters. The fourth-order valence-electron chi connectivity index (χ4n) is 8.83. The van der Waals surface area contributed by atoms with Crippen LogP contribution in [0.3, 0.4) is 0 Å². The molecule has 4 amide bonds. The van der Waals surface area contributed by atoms with Crippen molar-refractivity contribution < 1.29 is 28.7 Å². The largest absolute Gasteiger partial charge is 0.453 e. The third kappa shape index (κ3) is 7.83. The number of alkyl carbamates (subject to hydrolysis) is 2. The van der Waals surface area contributed by atoms with E-state index < -0.39 is 40.4 Å². The molecule has 2 fully saturated rings. The van der Waals surface area contributed by atoms with Crippen LogP contribution in [0.15, 0.2) is 48.8 Å². The fraction of sp³-hybridized carbons (Fsp3) is 0.476. The number of ether oxygens (including phenoxy) is 2. The molecule has 0 radical (unpaired) electrons. The predicted octanol–water partition coefficient (Wildman–Crippen LogP) is 7.14. The molecule has 2 aliphatic heterocycles. The number of imidazole rings is 2. The van der Waals surface area contributed by atoms with Crippen LogP contribution in [0.1, 0.15) is 51.4 Å². The zero-order valence-corrected chi connectivity index (χ0v) is 37.1. The number of nitrogens with zero attached hydrogens (tertiary/aromatic N) is 4. The SMILES string of the molecule is COC(=O)N[C@H](C(=O)N1C[Si](C)(C)C[C@H]1c1ncc(-c2ccc3c(c2)-c2ccc(-c4cnc([C@@H]5C[Si](C)(C)CN5C(=O)[C@@H](NC(=O)OC)C(C)C)[nH]4)cc2-3)[nH]1)C(C)C. The molecule has 0 spiro atoms. The average molecular weight is 825 g/mol. The van der Waals surface area contributed by atoms with Gasteiger partial charge in [-0.25, -0.2) is 19.6 Å². The molecule has 2 aromatic carbocycles. The highest BCUT2D eigenvalue weighted by Crippen LogP contribution is 2.50. The number of methoxy groups -OCH3 is 2. The quantitative estimate of drug-likeness (QED) is 0.108. The molecule has 0 saturated carbocycles. The topological polar surface area (TPSA) is 175 Å². The Kier molecular flexibility index (Phi) is 10.9. The monoisotopic (exact) mass is 824 g/mol. The van der Waals surface area contributed by atoms with Gasteiger partial charge >= 0.3 is 12.2 Å². The molecule has 0 unspecified atom stereocenters. The first-order chi connectivity index (χ1) is 27.4. The number of benzene rings is 2. The van der Waals surface area contributed by atoms with Gasteiger partial charge in [-0.15, -0.1) is 0 Å². The van der Waals surface area contributed by atoms with Crippen LogP contribution in [0.5, 0.6) is 0 Å². The lowest BCUT2D eigenvalue weighted by Gasteiger charge is -2.30. The van der Waals surface area contributed by atoms with Crippen LogP contribution in [-0.4, -0.2) is 109 Å². The van der Waals surface area contributed by atoms with Crippen molar-refractivity contribution in [1.82, 2.24) is 40.4 Å². The summed E-state index contributed by atoms with van der Waals surface area (Å²) in [5.41, 5.74) is 8.42. The molecule has 14 nitrogen and oxygen atoms in total. The zero-order valence-electron chi connectivity index (χ0n) is 35.1. The van der Waals surface area contributed by atoms with E-state index in [1.54, 1.807) is 0 Å². The van der Waals surface area contributed by atoms with Gasteiger partial charge in [-0.05, 0) is 58.3 Å². The number of carbonyl (C=O) groups is 4. The third-order valence-electron chi connectivity index (χ3n) is 11.9. The normalized spacial score (nSPS) is 19.9. The van der Waals surface area contributed by atoms with E-state index >= 15 is 0 Å². The van der Waals surface area contributed by atoms with Crippen LogP contribution in [0.25, 0.3) is 44.8 Å². The summed E-state index contributed by atoms with van der Waals surface area (Å²) in [6.45, 7) is 16.8. The van der Waals surface area contributed by atoms with E-state index in [2.05, 4.69) is 83.2 Å². The van der Waals surface area contributed by atoms with E-state index in [-0.39, 0.29) is 35.7 Å². The van der Waals surface area contributed by atoms with Gasteiger partial charge in [0.05, 0.1) is 66.2 Å². The molecular weight excluding hydrogens is 769 g/mol. The molecule has 308 valence electrons. The van der Waals surface area contributed by atoms with Crippen LogP contribution >= 0.6 is 0 Å². The van der Waals surface area contributed by atoms with Gasteiger partial charge in [0.15, 0.2) is 0 Å². The number of aromatic amines is 2. The molecule has 1 aliphatic carbocycles. The van der Waals surface area contributed by atoms with Crippen molar-refractivity contribution >= 4 is 40.1 Å². The Morgan fingerprint density at radius 3 is 1.38 bits per heavy atom. The molecule has 0 bridgehead atoms. The Labute approximate surface area is 341 Å². The molecule has 58 heavy (non-hydrogen) atoms. The molecule has 3 aliphatic rings. The third-order valence-corrected chi connectivity index (χ3v) is 17.2. The molecule has 4 heterocycles. The Morgan fingerprint density at radius 2 is 1.03 bits per heavy atom. The lowest BCUT2D eigenvalue weighted by Crippen LogP contribution is -2.52. The van der Waals surface area contributed by atoms with Crippen LogP contribution in [0.2, 0.25) is 38.3 Å². The van der Waals surface area contributed by atoms with Gasteiger partial charge in [0.25, 0.3) is 0 Å². The summed E-state index contributed by atoms with van der Waals surface area (Å²) < 4.78 is 9.64. The number of hydrogen-bond donors (Lipinski definition) is 4. The second kappa shape index (κ2) is 15.5. The number of rotatable bonds is 10. The number of aromatic nitrogens is 4. The van der Waals surface area contributed by atoms with E-state index in [1.807, 2.05) is 49.9 Å². The van der Waals surface area contributed by atoms with Crippen LogP contribution < -0.4 is 10.6 Å². The second-order valence-electron chi connectivity index (χ2n) is 18.3. The Hall–Kier alpha value is -5.23. The standard InChI is InChI=1S/C42H56N8O6Si2/c1-23(2)35(47-41(53)55-5)39(51)49-21-57(7,8)19-33(49)37-43-17-31(45-37)25-11-13-27-29(15-25)28-14-12-26(16-30(27)28)32-18-44-38(46-32)34-20-58(9,10)22-50(34)40(52)36(24(3)4)48-42(54)56-6/h11-18,23-24,33-36H,19-22H2,1-10H3,(H,43,45)(H,44,46)(H,47,53)(H,48,54)/t33-,34-,35-,36-/m0/s1. The predicted molar refractivity (Wildman–Crippen MR) is 228 cm³/mol. The Morgan fingerprint density at radius 1 is 0.655 bits per heavy atom. The molecule has 7 rings (SSSR count). The van der Waals surface area contributed by atoms with E-state index in [4.69, 9.17) is 19.4 Å². The summed E-state index contributed by atoms with van der Waals surface area (Å²) in [7, 11) is -0.908. The van der Waals surface area contributed by atoms with E-state index in [0.717, 1.165) is 68.5 Å². The van der Waals surface area contributed by atoms with Gasteiger partial charge in [-0.2, -0.15) is 0 Å². The number of fused-ring (bicyclic) bond motifs is 4. The van der Waals surface area contributed by atoms with Crippen LogP contribution in [-0.2, 0) is 19.1 Å². The number of carbonyl (C=O) groups excluding carboxylic acids is 4. The Bertz CT molecular complexity index is 2080. The van der Waals surface area contributed by atoms with Crippen molar-refractivity contribution in [1.29, 1.82) is 0 Å².